The molecular weight excluding hydrogens is 200 g/mol. The topological polar surface area (TPSA) is 21.3 Å². The van der Waals surface area contributed by atoms with Gasteiger partial charge in [0.1, 0.15) is 11.6 Å². The van der Waals surface area contributed by atoms with Gasteiger partial charge in [0.15, 0.2) is 0 Å². The highest BCUT2D eigenvalue weighted by Gasteiger charge is 2.13. The fourth-order valence-electron chi connectivity index (χ4n) is 1.71. The molecule has 0 atom stereocenters. The van der Waals surface area contributed by atoms with Crippen LogP contribution in [-0.4, -0.2) is 19.3 Å². The Morgan fingerprint density at radius 2 is 1.67 bits per heavy atom. The first-order valence-corrected chi connectivity index (χ1v) is 5.04. The van der Waals surface area contributed by atoms with E-state index in [1.807, 2.05) is 0 Å². The summed E-state index contributed by atoms with van der Waals surface area (Å²) in [7, 11) is 0. The van der Waals surface area contributed by atoms with Gasteiger partial charge in [0.2, 0.25) is 0 Å². The molecule has 1 N–H and O–H groups in total. The molecule has 2 rings (SSSR count). The molecule has 1 aromatic carbocycles. The van der Waals surface area contributed by atoms with Crippen LogP contribution in [0.2, 0.25) is 0 Å². The fraction of sp³-hybridized carbons (Fsp3) is 0.455. The summed E-state index contributed by atoms with van der Waals surface area (Å²) < 4.78 is 31.0. The van der Waals surface area contributed by atoms with E-state index >= 15 is 0 Å². The van der Waals surface area contributed by atoms with Gasteiger partial charge in [0.05, 0.1) is 0 Å². The van der Waals surface area contributed by atoms with Crippen LogP contribution in [0.4, 0.5) is 14.5 Å². The molecule has 1 aromatic rings. The number of hydrogen-bond donors (Lipinski definition) is 1. The second-order valence-corrected chi connectivity index (χ2v) is 3.69. The molecule has 0 spiro atoms. The third kappa shape index (κ3) is 2.89. The average molecular weight is 213 g/mol. The Labute approximate surface area is 87.2 Å². The van der Waals surface area contributed by atoms with Crippen LogP contribution in [0.5, 0.6) is 0 Å². The SMILES string of the molecule is Fc1cc(F)cc(NC2CCOCC2)c1. The Morgan fingerprint density at radius 3 is 2.27 bits per heavy atom. The van der Waals surface area contributed by atoms with Gasteiger partial charge in [-0.2, -0.15) is 0 Å². The van der Waals surface area contributed by atoms with Crippen LogP contribution in [-0.2, 0) is 4.74 Å². The third-order valence-corrected chi connectivity index (χ3v) is 2.45. The van der Waals surface area contributed by atoms with Crippen LogP contribution in [0.15, 0.2) is 18.2 Å². The Bertz CT molecular complexity index is 317. The van der Waals surface area contributed by atoms with Gasteiger partial charge in [-0.3, -0.25) is 0 Å². The van der Waals surface area contributed by atoms with Crippen molar-refractivity contribution >= 4 is 5.69 Å². The molecule has 0 amide bonds. The maximum atomic E-state index is 12.9. The van der Waals surface area contributed by atoms with Crippen molar-refractivity contribution in [3.05, 3.63) is 29.8 Å². The molecule has 1 heterocycles. The first-order chi connectivity index (χ1) is 7.24. The first kappa shape index (κ1) is 10.4. The molecule has 1 fully saturated rings. The van der Waals surface area contributed by atoms with Crippen molar-refractivity contribution in [1.29, 1.82) is 0 Å². The molecule has 1 aliphatic heterocycles. The molecule has 0 radical (unpaired) electrons. The highest BCUT2D eigenvalue weighted by atomic mass is 19.1. The molecule has 4 heteroatoms. The number of ether oxygens (including phenoxy) is 1. The minimum absolute atomic E-state index is 0.250. The quantitative estimate of drug-likeness (QED) is 0.815. The summed E-state index contributed by atoms with van der Waals surface area (Å²) in [6.45, 7) is 1.41. The number of benzene rings is 1. The summed E-state index contributed by atoms with van der Waals surface area (Å²) in [6.07, 6.45) is 1.75. The molecule has 15 heavy (non-hydrogen) atoms. The maximum absolute atomic E-state index is 12.9. The summed E-state index contributed by atoms with van der Waals surface area (Å²) in [4.78, 5) is 0. The lowest BCUT2D eigenvalue weighted by atomic mass is 10.1. The van der Waals surface area contributed by atoms with E-state index in [0.717, 1.165) is 18.9 Å². The second kappa shape index (κ2) is 4.57. The van der Waals surface area contributed by atoms with Crippen molar-refractivity contribution in [2.24, 2.45) is 0 Å². The minimum Gasteiger partial charge on any atom is -0.382 e. The Morgan fingerprint density at radius 1 is 1.07 bits per heavy atom. The lowest BCUT2D eigenvalue weighted by molar-refractivity contribution is 0.0904. The second-order valence-electron chi connectivity index (χ2n) is 3.69. The summed E-state index contributed by atoms with van der Waals surface area (Å²) in [5, 5.41) is 3.10. The Hall–Kier alpha value is -1.16. The van der Waals surface area contributed by atoms with Gasteiger partial charge < -0.3 is 10.1 Å². The maximum Gasteiger partial charge on any atom is 0.128 e. The number of hydrogen-bond acceptors (Lipinski definition) is 2. The molecule has 0 saturated carbocycles. The van der Waals surface area contributed by atoms with Crippen LogP contribution in [0, 0.1) is 11.6 Å². The Balaban J connectivity index is 2.02. The number of nitrogens with one attached hydrogen (secondary N) is 1. The van der Waals surface area contributed by atoms with E-state index in [0.29, 0.717) is 18.9 Å². The van der Waals surface area contributed by atoms with Crippen molar-refractivity contribution in [2.45, 2.75) is 18.9 Å². The van der Waals surface area contributed by atoms with Gasteiger partial charge in [0.25, 0.3) is 0 Å². The van der Waals surface area contributed by atoms with Gasteiger partial charge in [-0.25, -0.2) is 8.78 Å². The van der Waals surface area contributed by atoms with E-state index in [2.05, 4.69) is 5.32 Å². The van der Waals surface area contributed by atoms with Crippen LogP contribution in [0.25, 0.3) is 0 Å². The van der Waals surface area contributed by atoms with Crippen LogP contribution in [0.3, 0.4) is 0 Å². The predicted octanol–water partition coefficient (Wildman–Crippen LogP) is 2.56. The van der Waals surface area contributed by atoms with E-state index in [1.165, 1.54) is 12.1 Å². The van der Waals surface area contributed by atoms with Gasteiger partial charge in [-0.1, -0.05) is 0 Å². The highest BCUT2D eigenvalue weighted by molar-refractivity contribution is 5.44. The molecule has 0 aliphatic carbocycles. The van der Waals surface area contributed by atoms with E-state index in [1.54, 1.807) is 0 Å². The van der Waals surface area contributed by atoms with E-state index < -0.39 is 11.6 Å². The molecular formula is C11H13F2NO. The molecule has 0 aromatic heterocycles. The van der Waals surface area contributed by atoms with Gasteiger partial charge in [0, 0.05) is 31.0 Å². The van der Waals surface area contributed by atoms with Crippen molar-refractivity contribution in [3.8, 4) is 0 Å². The zero-order valence-electron chi connectivity index (χ0n) is 8.30. The largest absolute Gasteiger partial charge is 0.382 e. The van der Waals surface area contributed by atoms with Crippen molar-refractivity contribution < 1.29 is 13.5 Å². The number of rotatable bonds is 2. The van der Waals surface area contributed by atoms with Crippen molar-refractivity contribution in [3.63, 3.8) is 0 Å². The lowest BCUT2D eigenvalue weighted by Crippen LogP contribution is -2.27. The van der Waals surface area contributed by atoms with Crippen LogP contribution in [0.1, 0.15) is 12.8 Å². The first-order valence-electron chi connectivity index (χ1n) is 5.04. The highest BCUT2D eigenvalue weighted by Crippen LogP contribution is 2.17. The Kier molecular flexibility index (Phi) is 3.16. The van der Waals surface area contributed by atoms with Crippen LogP contribution >= 0.6 is 0 Å². The lowest BCUT2D eigenvalue weighted by Gasteiger charge is -2.24. The van der Waals surface area contributed by atoms with E-state index in [-0.39, 0.29) is 6.04 Å². The average Bonchev–Trinajstić information content (AvgIpc) is 2.17. The molecule has 1 aliphatic rings. The fourth-order valence-corrected chi connectivity index (χ4v) is 1.71. The molecule has 0 bridgehead atoms. The van der Waals surface area contributed by atoms with E-state index in [9.17, 15) is 8.78 Å². The minimum atomic E-state index is -0.551. The number of anilines is 1. The monoisotopic (exact) mass is 213 g/mol. The summed E-state index contributed by atoms with van der Waals surface area (Å²) in [5.74, 6) is -1.10. The van der Waals surface area contributed by atoms with Gasteiger partial charge in [-0.05, 0) is 25.0 Å². The smallest absolute Gasteiger partial charge is 0.128 e. The van der Waals surface area contributed by atoms with Gasteiger partial charge in [-0.15, -0.1) is 0 Å². The summed E-state index contributed by atoms with van der Waals surface area (Å²) in [6, 6.07) is 3.73. The molecule has 1 saturated heterocycles. The third-order valence-electron chi connectivity index (χ3n) is 2.45. The molecule has 82 valence electrons. The zero-order valence-corrected chi connectivity index (χ0v) is 8.30. The standard InChI is InChI=1S/C11H13F2NO/c12-8-5-9(13)7-11(6-8)14-10-1-3-15-4-2-10/h5-7,10,14H,1-4H2. The van der Waals surface area contributed by atoms with Crippen LogP contribution < -0.4 is 5.32 Å². The zero-order chi connectivity index (χ0) is 10.7. The summed E-state index contributed by atoms with van der Waals surface area (Å²) >= 11 is 0. The van der Waals surface area contributed by atoms with E-state index in [4.69, 9.17) is 4.74 Å². The molecule has 0 unspecified atom stereocenters. The summed E-state index contributed by atoms with van der Waals surface area (Å²) in [5.41, 5.74) is 0.499. The molecule has 2 nitrogen and oxygen atoms in total. The number of halogens is 2. The van der Waals surface area contributed by atoms with Gasteiger partial charge >= 0.3 is 0 Å². The van der Waals surface area contributed by atoms with Crippen molar-refractivity contribution in [2.75, 3.05) is 18.5 Å². The predicted molar refractivity (Wildman–Crippen MR) is 53.8 cm³/mol. The normalized spacial score (nSPS) is 17.7. The van der Waals surface area contributed by atoms with Crippen molar-refractivity contribution in [1.82, 2.24) is 0 Å².